The number of aryl methyl sites for hydroxylation is 2. The van der Waals surface area contributed by atoms with Crippen molar-refractivity contribution in [3.05, 3.63) is 45.3 Å². The molecule has 18 heavy (non-hydrogen) atoms. The third-order valence-corrected chi connectivity index (χ3v) is 3.39. The Morgan fingerprint density at radius 3 is 3.17 bits per heavy atom. The van der Waals surface area contributed by atoms with Gasteiger partial charge in [0.1, 0.15) is 5.54 Å². The highest BCUT2D eigenvalue weighted by atomic mass is 15.1. The summed E-state index contributed by atoms with van der Waals surface area (Å²) in [6, 6.07) is 8.64. The zero-order valence-corrected chi connectivity index (χ0v) is 10.3. The van der Waals surface area contributed by atoms with Gasteiger partial charge in [-0.05, 0) is 36.4 Å². The maximum atomic E-state index is 9.49. The average Bonchev–Trinajstić information content (AvgIpc) is 2.74. The summed E-state index contributed by atoms with van der Waals surface area (Å²) in [5, 5.41) is 16.2. The molecule has 92 valence electrons. The van der Waals surface area contributed by atoms with Gasteiger partial charge in [0.2, 0.25) is 0 Å². The smallest absolute Gasteiger partial charge is 0.132 e. The van der Waals surface area contributed by atoms with Crippen LogP contribution in [0.2, 0.25) is 0 Å². The molecule has 5 nitrogen and oxygen atoms in total. The Hall–Kier alpha value is -2.02. The molecular formula is C13H15N5. The molecule has 0 fully saturated rings. The van der Waals surface area contributed by atoms with Crippen molar-refractivity contribution < 1.29 is 0 Å². The second-order valence-corrected chi connectivity index (χ2v) is 4.56. The summed E-state index contributed by atoms with van der Waals surface area (Å²) in [5.41, 5.74) is 11.1. The van der Waals surface area contributed by atoms with Crippen molar-refractivity contribution in [2.24, 2.45) is 5.11 Å². The van der Waals surface area contributed by atoms with Gasteiger partial charge < -0.3 is 0 Å². The maximum absolute atomic E-state index is 9.49. The monoisotopic (exact) mass is 241 g/mol. The largest absolute Gasteiger partial charge is 0.296 e. The van der Waals surface area contributed by atoms with Gasteiger partial charge in [0, 0.05) is 18.0 Å². The molecule has 1 aliphatic carbocycles. The van der Waals surface area contributed by atoms with Crippen LogP contribution in [0, 0.1) is 18.3 Å². The molecule has 5 heteroatoms. The molecule has 1 atom stereocenters. The molecule has 0 spiro atoms. The van der Waals surface area contributed by atoms with E-state index < -0.39 is 5.54 Å². The lowest BCUT2D eigenvalue weighted by atomic mass is 9.92. The van der Waals surface area contributed by atoms with Gasteiger partial charge in [-0.2, -0.15) is 5.26 Å². The fourth-order valence-electron chi connectivity index (χ4n) is 2.47. The first-order valence-corrected chi connectivity index (χ1v) is 5.99. The van der Waals surface area contributed by atoms with E-state index in [9.17, 15) is 5.26 Å². The van der Waals surface area contributed by atoms with Gasteiger partial charge in [0.15, 0.2) is 0 Å². The highest BCUT2D eigenvalue weighted by Crippen LogP contribution is 2.36. The van der Waals surface area contributed by atoms with E-state index in [1.165, 1.54) is 5.56 Å². The molecule has 0 heterocycles. The quantitative estimate of drug-likeness (QED) is 0.380. The van der Waals surface area contributed by atoms with Crippen molar-refractivity contribution in [2.75, 3.05) is 13.1 Å². The lowest BCUT2D eigenvalue weighted by Gasteiger charge is -2.24. The summed E-state index contributed by atoms with van der Waals surface area (Å²) in [4.78, 5) is 2.71. The molecule has 0 saturated carbocycles. The van der Waals surface area contributed by atoms with Crippen molar-refractivity contribution >= 4 is 0 Å². The van der Waals surface area contributed by atoms with Gasteiger partial charge in [-0.3, -0.25) is 5.32 Å². The van der Waals surface area contributed by atoms with E-state index in [2.05, 4.69) is 39.6 Å². The van der Waals surface area contributed by atoms with E-state index in [0.29, 0.717) is 13.1 Å². The molecule has 0 amide bonds. The molecular weight excluding hydrogens is 226 g/mol. The summed E-state index contributed by atoms with van der Waals surface area (Å²) in [5.74, 6) is 0. The predicted octanol–water partition coefficient (Wildman–Crippen LogP) is 2.56. The lowest BCUT2D eigenvalue weighted by molar-refractivity contribution is 0.430. The molecule has 0 aromatic heterocycles. The first kappa shape index (κ1) is 12.4. The van der Waals surface area contributed by atoms with E-state index in [-0.39, 0.29) is 0 Å². The molecule has 0 radical (unpaired) electrons. The third kappa shape index (κ3) is 2.17. The van der Waals surface area contributed by atoms with E-state index in [4.69, 9.17) is 5.53 Å². The standard InChI is InChI=1S/C13H15N5/c1-10-2-3-11-4-5-13(9-14,12(11)8-10)16-6-7-17-18-15/h2-3,8,16H,4-7H2,1H3. The summed E-state index contributed by atoms with van der Waals surface area (Å²) in [6.45, 7) is 2.91. The van der Waals surface area contributed by atoms with Gasteiger partial charge in [-0.25, -0.2) is 0 Å². The Bertz CT molecular complexity index is 539. The lowest BCUT2D eigenvalue weighted by Crippen LogP contribution is -2.40. The number of nitrogens with zero attached hydrogens (tertiary/aromatic N) is 4. The maximum Gasteiger partial charge on any atom is 0.132 e. The number of fused-ring (bicyclic) bond motifs is 1. The Labute approximate surface area is 106 Å². The number of nitriles is 1. The minimum Gasteiger partial charge on any atom is -0.296 e. The molecule has 0 saturated heterocycles. The van der Waals surface area contributed by atoms with Gasteiger partial charge >= 0.3 is 0 Å². The predicted molar refractivity (Wildman–Crippen MR) is 68.8 cm³/mol. The molecule has 1 aliphatic rings. The number of hydrogen-bond donors (Lipinski definition) is 1. The minimum absolute atomic E-state index is 0.362. The Kier molecular flexibility index (Phi) is 3.52. The number of azide groups is 1. The normalized spacial score (nSPS) is 20.9. The van der Waals surface area contributed by atoms with Crippen LogP contribution in [-0.4, -0.2) is 13.1 Å². The first-order chi connectivity index (χ1) is 8.72. The summed E-state index contributed by atoms with van der Waals surface area (Å²) in [7, 11) is 0. The minimum atomic E-state index is -0.619. The highest BCUT2D eigenvalue weighted by molar-refractivity contribution is 5.45. The Morgan fingerprint density at radius 1 is 1.61 bits per heavy atom. The van der Waals surface area contributed by atoms with Crippen molar-refractivity contribution in [1.82, 2.24) is 5.32 Å². The second kappa shape index (κ2) is 5.09. The van der Waals surface area contributed by atoms with Gasteiger partial charge in [-0.15, -0.1) is 0 Å². The van der Waals surface area contributed by atoms with Crippen LogP contribution >= 0.6 is 0 Å². The van der Waals surface area contributed by atoms with Gasteiger partial charge in [-0.1, -0.05) is 28.9 Å². The SMILES string of the molecule is Cc1ccc2c(c1)C(C#N)(NCCN=[N+]=[N-])CC2. The number of benzene rings is 1. The fourth-order valence-corrected chi connectivity index (χ4v) is 2.47. The van der Waals surface area contributed by atoms with Crippen LogP contribution in [0.15, 0.2) is 23.3 Å². The molecule has 2 rings (SSSR count). The van der Waals surface area contributed by atoms with Crippen molar-refractivity contribution in [1.29, 1.82) is 5.26 Å². The van der Waals surface area contributed by atoms with Crippen LogP contribution in [0.25, 0.3) is 10.4 Å². The topological polar surface area (TPSA) is 84.6 Å². The molecule has 1 N–H and O–H groups in total. The van der Waals surface area contributed by atoms with Crippen molar-refractivity contribution in [3.63, 3.8) is 0 Å². The molecule has 0 bridgehead atoms. The zero-order valence-electron chi connectivity index (χ0n) is 10.3. The van der Waals surface area contributed by atoms with Crippen LogP contribution in [0.5, 0.6) is 0 Å². The Morgan fingerprint density at radius 2 is 2.44 bits per heavy atom. The summed E-state index contributed by atoms with van der Waals surface area (Å²) in [6.07, 6.45) is 1.69. The van der Waals surface area contributed by atoms with E-state index in [1.807, 2.05) is 6.92 Å². The van der Waals surface area contributed by atoms with Crippen molar-refractivity contribution in [3.8, 4) is 6.07 Å². The fraction of sp³-hybridized carbons (Fsp3) is 0.462. The number of rotatable bonds is 4. The summed E-state index contributed by atoms with van der Waals surface area (Å²) < 4.78 is 0. The van der Waals surface area contributed by atoms with Crippen LogP contribution in [-0.2, 0) is 12.0 Å². The average molecular weight is 241 g/mol. The van der Waals surface area contributed by atoms with Gasteiger partial charge in [0.25, 0.3) is 0 Å². The summed E-state index contributed by atoms with van der Waals surface area (Å²) >= 11 is 0. The van der Waals surface area contributed by atoms with Crippen molar-refractivity contribution in [2.45, 2.75) is 25.3 Å². The third-order valence-electron chi connectivity index (χ3n) is 3.39. The molecule has 0 aliphatic heterocycles. The van der Waals surface area contributed by atoms with E-state index in [0.717, 1.165) is 24.0 Å². The van der Waals surface area contributed by atoms with E-state index >= 15 is 0 Å². The zero-order chi connectivity index (χ0) is 13.0. The second-order valence-electron chi connectivity index (χ2n) is 4.56. The van der Waals surface area contributed by atoms with Crippen LogP contribution in [0.3, 0.4) is 0 Å². The highest BCUT2D eigenvalue weighted by Gasteiger charge is 2.38. The van der Waals surface area contributed by atoms with Crippen LogP contribution in [0.4, 0.5) is 0 Å². The van der Waals surface area contributed by atoms with Crippen LogP contribution in [0.1, 0.15) is 23.1 Å². The number of nitrogens with one attached hydrogen (secondary N) is 1. The molecule has 1 aromatic carbocycles. The number of hydrogen-bond acceptors (Lipinski definition) is 3. The first-order valence-electron chi connectivity index (χ1n) is 5.99. The van der Waals surface area contributed by atoms with Gasteiger partial charge in [0.05, 0.1) is 6.07 Å². The molecule has 1 unspecified atom stereocenters. The van der Waals surface area contributed by atoms with E-state index in [1.54, 1.807) is 0 Å². The molecule has 1 aromatic rings. The van der Waals surface area contributed by atoms with Crippen LogP contribution < -0.4 is 5.32 Å². The Balaban J connectivity index is 2.23.